The minimum atomic E-state index is -0.379. The predicted octanol–water partition coefficient (Wildman–Crippen LogP) is 5.19. The van der Waals surface area contributed by atoms with E-state index in [1.165, 1.54) is 44.6 Å². The Morgan fingerprint density at radius 3 is 2.50 bits per heavy atom. The molecule has 5 nitrogen and oxygen atoms in total. The van der Waals surface area contributed by atoms with Crippen LogP contribution in [0.15, 0.2) is 18.2 Å². The fourth-order valence-corrected chi connectivity index (χ4v) is 2.53. The molecule has 0 bridgehead atoms. The van der Waals surface area contributed by atoms with Gasteiger partial charge in [-0.2, -0.15) is 0 Å². The molecule has 0 unspecified atom stereocenters. The quantitative estimate of drug-likeness (QED) is 0.392. The van der Waals surface area contributed by atoms with E-state index in [4.69, 9.17) is 0 Å². The van der Waals surface area contributed by atoms with Gasteiger partial charge in [-0.1, -0.05) is 45.4 Å². The maximum atomic E-state index is 10.7. The maximum absolute atomic E-state index is 10.7. The molecule has 1 aromatic carbocycles. The van der Waals surface area contributed by atoms with Gasteiger partial charge in [-0.25, -0.2) is 4.98 Å². The summed E-state index contributed by atoms with van der Waals surface area (Å²) in [6.07, 6.45) is 9.81. The standard InChI is InChI=1S/C16H23N3O2.ClH/c1-2-3-4-5-6-7-8-9-16-17-14-11-10-13(19(20)21)12-15(14)18-16;/h10-12H,2-9H2,1H3,(H,17,18);1H. The Morgan fingerprint density at radius 1 is 1.14 bits per heavy atom. The molecule has 1 heterocycles. The van der Waals surface area contributed by atoms with Crippen molar-refractivity contribution in [2.45, 2.75) is 58.3 Å². The van der Waals surface area contributed by atoms with Gasteiger partial charge in [0.2, 0.25) is 0 Å². The first-order chi connectivity index (χ1) is 10.2. The molecule has 0 aliphatic heterocycles. The lowest BCUT2D eigenvalue weighted by Gasteiger charge is -1.99. The van der Waals surface area contributed by atoms with Crippen molar-refractivity contribution in [1.82, 2.24) is 9.97 Å². The number of aryl methyl sites for hydroxylation is 1. The van der Waals surface area contributed by atoms with Crippen LogP contribution in [0.5, 0.6) is 0 Å². The molecule has 122 valence electrons. The van der Waals surface area contributed by atoms with E-state index in [0.29, 0.717) is 0 Å². The third-order valence-electron chi connectivity index (χ3n) is 3.74. The smallest absolute Gasteiger partial charge is 0.271 e. The number of non-ortho nitro benzene ring substituents is 1. The average molecular weight is 326 g/mol. The van der Waals surface area contributed by atoms with Gasteiger partial charge in [0.15, 0.2) is 0 Å². The van der Waals surface area contributed by atoms with E-state index in [1.807, 2.05) is 0 Å². The minimum Gasteiger partial charge on any atom is -0.342 e. The molecule has 0 radical (unpaired) electrons. The van der Waals surface area contributed by atoms with Crippen LogP contribution in [0, 0.1) is 10.1 Å². The summed E-state index contributed by atoms with van der Waals surface area (Å²) in [5, 5.41) is 10.7. The van der Waals surface area contributed by atoms with Gasteiger partial charge in [0.25, 0.3) is 5.69 Å². The summed E-state index contributed by atoms with van der Waals surface area (Å²) < 4.78 is 0. The van der Waals surface area contributed by atoms with Crippen molar-refractivity contribution < 1.29 is 4.92 Å². The zero-order valence-electron chi connectivity index (χ0n) is 13.0. The van der Waals surface area contributed by atoms with Crippen LogP contribution >= 0.6 is 12.4 Å². The molecule has 0 saturated carbocycles. The molecule has 2 aromatic rings. The Bertz CT molecular complexity index is 598. The molecule has 1 N–H and O–H groups in total. The van der Waals surface area contributed by atoms with Crippen molar-refractivity contribution in [1.29, 1.82) is 0 Å². The van der Waals surface area contributed by atoms with Crippen LogP contribution in [0.1, 0.15) is 57.7 Å². The second-order valence-corrected chi connectivity index (χ2v) is 5.51. The third kappa shape index (κ3) is 5.30. The highest BCUT2D eigenvalue weighted by Crippen LogP contribution is 2.19. The number of nitrogens with zero attached hydrogens (tertiary/aromatic N) is 2. The van der Waals surface area contributed by atoms with Crippen molar-refractivity contribution >= 4 is 29.1 Å². The number of unbranched alkanes of at least 4 members (excludes halogenated alkanes) is 6. The summed E-state index contributed by atoms with van der Waals surface area (Å²) in [6, 6.07) is 4.76. The number of nitro benzene ring substituents is 1. The monoisotopic (exact) mass is 325 g/mol. The molecule has 0 saturated heterocycles. The van der Waals surface area contributed by atoms with Crippen molar-refractivity contribution in [3.63, 3.8) is 0 Å². The number of benzene rings is 1. The molecule has 0 fully saturated rings. The number of fused-ring (bicyclic) bond motifs is 1. The lowest BCUT2D eigenvalue weighted by Crippen LogP contribution is -1.88. The van der Waals surface area contributed by atoms with Crippen molar-refractivity contribution in [2.24, 2.45) is 0 Å². The van der Waals surface area contributed by atoms with Crippen molar-refractivity contribution in [3.8, 4) is 0 Å². The highest BCUT2D eigenvalue weighted by Gasteiger charge is 2.09. The zero-order valence-corrected chi connectivity index (χ0v) is 13.8. The Labute approximate surface area is 137 Å². The third-order valence-corrected chi connectivity index (χ3v) is 3.74. The largest absolute Gasteiger partial charge is 0.342 e. The molecule has 0 amide bonds. The van der Waals surface area contributed by atoms with E-state index in [-0.39, 0.29) is 23.0 Å². The van der Waals surface area contributed by atoms with Gasteiger partial charge in [0.05, 0.1) is 16.0 Å². The SMILES string of the molecule is CCCCCCCCCc1nc2ccc([N+](=O)[O-])cc2[nH]1.Cl. The second-order valence-electron chi connectivity index (χ2n) is 5.51. The van der Waals surface area contributed by atoms with Crippen LogP contribution in [0.3, 0.4) is 0 Å². The Hall–Kier alpha value is -1.62. The maximum Gasteiger partial charge on any atom is 0.271 e. The van der Waals surface area contributed by atoms with E-state index >= 15 is 0 Å². The molecule has 0 atom stereocenters. The van der Waals surface area contributed by atoms with Gasteiger partial charge >= 0.3 is 0 Å². The predicted molar refractivity (Wildman–Crippen MR) is 91.7 cm³/mol. The molecular formula is C16H24ClN3O2. The molecule has 6 heteroatoms. The number of imidazole rings is 1. The van der Waals surface area contributed by atoms with Crippen molar-refractivity contribution in [2.75, 3.05) is 0 Å². The van der Waals surface area contributed by atoms with Crippen LogP contribution in [-0.4, -0.2) is 14.9 Å². The summed E-state index contributed by atoms with van der Waals surface area (Å²) in [7, 11) is 0. The second kappa shape index (κ2) is 9.41. The molecule has 1 aromatic heterocycles. The Balaban J connectivity index is 0.00000242. The highest BCUT2D eigenvalue weighted by molar-refractivity contribution is 5.85. The van der Waals surface area contributed by atoms with E-state index in [9.17, 15) is 10.1 Å². The first-order valence-electron chi connectivity index (χ1n) is 7.83. The number of aromatic amines is 1. The first kappa shape index (κ1) is 18.4. The van der Waals surface area contributed by atoms with Crippen LogP contribution in [0.2, 0.25) is 0 Å². The lowest BCUT2D eigenvalue weighted by atomic mass is 10.1. The summed E-state index contributed by atoms with van der Waals surface area (Å²) in [6.45, 7) is 2.23. The topological polar surface area (TPSA) is 71.8 Å². The number of nitro groups is 1. The van der Waals surface area contributed by atoms with Gasteiger partial charge in [-0.05, 0) is 12.5 Å². The van der Waals surface area contributed by atoms with Crippen LogP contribution in [0.25, 0.3) is 11.0 Å². The summed E-state index contributed by atoms with van der Waals surface area (Å²) in [5.74, 6) is 0.930. The van der Waals surface area contributed by atoms with E-state index < -0.39 is 0 Å². The summed E-state index contributed by atoms with van der Waals surface area (Å²) in [4.78, 5) is 18.0. The van der Waals surface area contributed by atoms with Gasteiger partial charge in [0.1, 0.15) is 5.82 Å². The number of nitrogens with one attached hydrogen (secondary N) is 1. The highest BCUT2D eigenvalue weighted by atomic mass is 35.5. The van der Waals surface area contributed by atoms with E-state index in [0.717, 1.165) is 29.7 Å². The molecule has 0 aliphatic rings. The summed E-state index contributed by atoms with van der Waals surface area (Å²) >= 11 is 0. The number of aromatic nitrogens is 2. The normalized spacial score (nSPS) is 10.6. The van der Waals surface area contributed by atoms with E-state index in [2.05, 4.69) is 16.9 Å². The average Bonchev–Trinajstić information content (AvgIpc) is 2.88. The number of H-pyrrole nitrogens is 1. The minimum absolute atomic E-state index is 0. The number of halogens is 1. The van der Waals surface area contributed by atoms with Crippen LogP contribution in [-0.2, 0) is 6.42 Å². The number of hydrogen-bond donors (Lipinski definition) is 1. The molecule has 22 heavy (non-hydrogen) atoms. The first-order valence-corrected chi connectivity index (χ1v) is 7.83. The van der Waals surface area contributed by atoms with Crippen LogP contribution in [0.4, 0.5) is 5.69 Å². The fourth-order valence-electron chi connectivity index (χ4n) is 2.53. The van der Waals surface area contributed by atoms with E-state index in [1.54, 1.807) is 12.1 Å². The molecule has 0 spiro atoms. The fraction of sp³-hybridized carbons (Fsp3) is 0.562. The molecule has 2 rings (SSSR count). The molecule has 0 aliphatic carbocycles. The number of rotatable bonds is 9. The van der Waals surface area contributed by atoms with Gasteiger partial charge in [-0.3, -0.25) is 10.1 Å². The van der Waals surface area contributed by atoms with Gasteiger partial charge in [0, 0.05) is 18.6 Å². The Kier molecular flexibility index (Phi) is 7.88. The van der Waals surface area contributed by atoms with Crippen molar-refractivity contribution in [3.05, 3.63) is 34.1 Å². The zero-order chi connectivity index (χ0) is 15.1. The number of hydrogen-bond acceptors (Lipinski definition) is 3. The van der Waals surface area contributed by atoms with Crippen LogP contribution < -0.4 is 0 Å². The molecular weight excluding hydrogens is 302 g/mol. The summed E-state index contributed by atoms with van der Waals surface area (Å²) in [5.41, 5.74) is 1.66. The lowest BCUT2D eigenvalue weighted by molar-refractivity contribution is -0.384. The van der Waals surface area contributed by atoms with Gasteiger partial charge < -0.3 is 4.98 Å². The van der Waals surface area contributed by atoms with Gasteiger partial charge in [-0.15, -0.1) is 12.4 Å². The Morgan fingerprint density at radius 2 is 1.82 bits per heavy atom.